The van der Waals surface area contributed by atoms with Gasteiger partial charge in [-0.2, -0.15) is 0 Å². The van der Waals surface area contributed by atoms with Crippen LogP contribution < -0.4 is 15.4 Å². The Morgan fingerprint density at radius 2 is 1.78 bits per heavy atom. The van der Waals surface area contributed by atoms with Crippen molar-refractivity contribution in [2.45, 2.75) is 9.79 Å². The van der Waals surface area contributed by atoms with E-state index >= 15 is 0 Å². The van der Waals surface area contributed by atoms with Gasteiger partial charge in [-0.3, -0.25) is 0 Å². The fourth-order valence-corrected chi connectivity index (χ4v) is 3.55. The van der Waals surface area contributed by atoms with Crippen LogP contribution >= 0.6 is 46.6 Å². The van der Waals surface area contributed by atoms with Crippen molar-refractivity contribution in [1.29, 1.82) is 0 Å². The number of amides is 2. The third-order valence-corrected chi connectivity index (χ3v) is 5.08. The SMILES string of the molecule is CNC(=O)Nc1cc(Cl)c(Sc2ccc(Cl)cc2OC)c(Cl)c1. The third-order valence-electron chi connectivity index (χ3n) is 2.82. The summed E-state index contributed by atoms with van der Waals surface area (Å²) in [7, 11) is 3.09. The number of carbonyl (C=O) groups excluding carboxylic acids is 1. The number of ether oxygens (including phenoxy) is 1. The van der Waals surface area contributed by atoms with E-state index in [-0.39, 0.29) is 6.03 Å². The molecule has 2 rings (SSSR count). The van der Waals surface area contributed by atoms with Crippen LogP contribution in [-0.4, -0.2) is 20.2 Å². The molecule has 122 valence electrons. The predicted octanol–water partition coefficient (Wildman–Crippen LogP) is 5.56. The molecule has 0 atom stereocenters. The first-order chi connectivity index (χ1) is 10.9. The summed E-state index contributed by atoms with van der Waals surface area (Å²) in [6.07, 6.45) is 0. The minimum absolute atomic E-state index is 0.350. The first kappa shape index (κ1) is 18.1. The standard InChI is InChI=1S/C15H13Cl3N2O2S/c1-19-15(21)20-9-6-10(17)14(11(18)7-9)23-13-4-3-8(16)5-12(13)22-2/h3-7H,1-2H3,(H2,19,20,21). The number of benzene rings is 2. The van der Waals surface area contributed by atoms with Gasteiger partial charge in [0, 0.05) is 22.7 Å². The fraction of sp³-hybridized carbons (Fsp3) is 0.133. The van der Waals surface area contributed by atoms with Crippen molar-refractivity contribution >= 4 is 58.3 Å². The molecule has 2 aromatic carbocycles. The molecule has 0 aliphatic heterocycles. The normalized spacial score (nSPS) is 10.3. The van der Waals surface area contributed by atoms with Crippen molar-refractivity contribution < 1.29 is 9.53 Å². The summed E-state index contributed by atoms with van der Waals surface area (Å²) in [5.41, 5.74) is 0.506. The van der Waals surface area contributed by atoms with Gasteiger partial charge in [0.15, 0.2) is 0 Å². The van der Waals surface area contributed by atoms with Gasteiger partial charge in [0.1, 0.15) is 5.75 Å². The number of rotatable bonds is 4. The Kier molecular flexibility index (Phi) is 6.30. The van der Waals surface area contributed by atoms with Gasteiger partial charge >= 0.3 is 6.03 Å². The highest BCUT2D eigenvalue weighted by molar-refractivity contribution is 7.99. The average molecular weight is 392 g/mol. The smallest absolute Gasteiger partial charge is 0.318 e. The molecular weight excluding hydrogens is 379 g/mol. The predicted molar refractivity (Wildman–Crippen MR) is 96.7 cm³/mol. The van der Waals surface area contributed by atoms with E-state index in [1.54, 1.807) is 31.4 Å². The molecule has 0 fully saturated rings. The van der Waals surface area contributed by atoms with Crippen LogP contribution in [0.4, 0.5) is 10.5 Å². The number of anilines is 1. The third kappa shape index (κ3) is 4.61. The monoisotopic (exact) mass is 390 g/mol. The second-order valence-electron chi connectivity index (χ2n) is 4.37. The summed E-state index contributed by atoms with van der Waals surface area (Å²) in [6.45, 7) is 0. The summed E-state index contributed by atoms with van der Waals surface area (Å²) in [4.78, 5) is 12.8. The Balaban J connectivity index is 2.32. The maximum absolute atomic E-state index is 11.4. The second kappa shape index (κ2) is 8.02. The van der Waals surface area contributed by atoms with Gasteiger partial charge in [-0.15, -0.1) is 0 Å². The summed E-state index contributed by atoms with van der Waals surface area (Å²) < 4.78 is 5.31. The van der Waals surface area contributed by atoms with E-state index in [2.05, 4.69) is 10.6 Å². The molecule has 8 heteroatoms. The number of hydrogen-bond donors (Lipinski definition) is 2. The Morgan fingerprint density at radius 3 is 2.35 bits per heavy atom. The van der Waals surface area contributed by atoms with Crippen LogP contribution in [0.1, 0.15) is 0 Å². The zero-order chi connectivity index (χ0) is 17.0. The maximum atomic E-state index is 11.4. The van der Waals surface area contributed by atoms with E-state index in [9.17, 15) is 4.79 Å². The number of halogens is 3. The quantitative estimate of drug-likeness (QED) is 0.717. The van der Waals surface area contributed by atoms with Crippen LogP contribution in [0.5, 0.6) is 5.75 Å². The lowest BCUT2D eigenvalue weighted by molar-refractivity contribution is 0.254. The largest absolute Gasteiger partial charge is 0.496 e. The first-order valence-electron chi connectivity index (χ1n) is 6.43. The lowest BCUT2D eigenvalue weighted by Gasteiger charge is -2.13. The lowest BCUT2D eigenvalue weighted by Crippen LogP contribution is -2.24. The molecule has 0 aromatic heterocycles. The summed E-state index contributed by atoms with van der Waals surface area (Å²) in [5.74, 6) is 0.627. The second-order valence-corrected chi connectivity index (χ2v) is 6.67. The lowest BCUT2D eigenvalue weighted by atomic mass is 10.3. The van der Waals surface area contributed by atoms with E-state index < -0.39 is 0 Å². The Hall–Kier alpha value is -1.27. The van der Waals surface area contributed by atoms with Gasteiger partial charge in [-0.05, 0) is 30.3 Å². The van der Waals surface area contributed by atoms with Gasteiger partial charge < -0.3 is 15.4 Å². The van der Waals surface area contributed by atoms with E-state index in [1.807, 2.05) is 6.07 Å². The van der Waals surface area contributed by atoms with E-state index in [0.717, 1.165) is 4.90 Å². The zero-order valence-electron chi connectivity index (χ0n) is 12.2. The zero-order valence-corrected chi connectivity index (χ0v) is 15.3. The van der Waals surface area contributed by atoms with Crippen LogP contribution in [-0.2, 0) is 0 Å². The van der Waals surface area contributed by atoms with Crippen molar-refractivity contribution in [3.63, 3.8) is 0 Å². The summed E-state index contributed by atoms with van der Waals surface area (Å²) >= 11 is 19.9. The molecular formula is C15H13Cl3N2O2S. The van der Waals surface area contributed by atoms with Crippen molar-refractivity contribution in [3.05, 3.63) is 45.4 Å². The molecule has 0 aliphatic rings. The van der Waals surface area contributed by atoms with Crippen molar-refractivity contribution in [2.75, 3.05) is 19.5 Å². The van der Waals surface area contributed by atoms with Gasteiger partial charge in [-0.1, -0.05) is 46.6 Å². The molecule has 0 aliphatic carbocycles. The minimum atomic E-state index is -0.350. The van der Waals surface area contributed by atoms with Gasteiger partial charge in [-0.25, -0.2) is 4.79 Å². The molecule has 23 heavy (non-hydrogen) atoms. The van der Waals surface area contributed by atoms with Gasteiger partial charge in [0.2, 0.25) is 0 Å². The molecule has 0 bridgehead atoms. The number of methoxy groups -OCH3 is 1. The number of nitrogens with one attached hydrogen (secondary N) is 2. The first-order valence-corrected chi connectivity index (χ1v) is 8.38. The molecule has 0 saturated carbocycles. The molecule has 4 nitrogen and oxygen atoms in total. The van der Waals surface area contributed by atoms with Gasteiger partial charge in [0.25, 0.3) is 0 Å². The molecule has 0 saturated heterocycles. The summed E-state index contributed by atoms with van der Waals surface area (Å²) in [6, 6.07) is 8.22. The Morgan fingerprint density at radius 1 is 1.13 bits per heavy atom. The molecule has 0 unspecified atom stereocenters. The number of urea groups is 1. The molecule has 2 aromatic rings. The highest BCUT2D eigenvalue weighted by atomic mass is 35.5. The molecule has 2 N–H and O–H groups in total. The Bertz CT molecular complexity index is 718. The Labute approximate surface area is 153 Å². The van der Waals surface area contributed by atoms with Crippen LogP contribution in [0.2, 0.25) is 15.1 Å². The molecule has 0 heterocycles. The number of carbonyl (C=O) groups is 1. The fourth-order valence-electron chi connectivity index (χ4n) is 1.76. The number of hydrogen-bond acceptors (Lipinski definition) is 3. The van der Waals surface area contributed by atoms with Crippen LogP contribution in [0, 0.1) is 0 Å². The van der Waals surface area contributed by atoms with Crippen LogP contribution in [0.15, 0.2) is 40.1 Å². The van der Waals surface area contributed by atoms with Crippen LogP contribution in [0.3, 0.4) is 0 Å². The van der Waals surface area contributed by atoms with Crippen molar-refractivity contribution in [3.8, 4) is 5.75 Å². The van der Waals surface area contributed by atoms with Crippen molar-refractivity contribution in [2.24, 2.45) is 0 Å². The maximum Gasteiger partial charge on any atom is 0.318 e. The highest BCUT2D eigenvalue weighted by Gasteiger charge is 2.14. The van der Waals surface area contributed by atoms with Crippen molar-refractivity contribution in [1.82, 2.24) is 5.32 Å². The van der Waals surface area contributed by atoms with E-state index in [1.165, 1.54) is 18.8 Å². The van der Waals surface area contributed by atoms with Crippen LogP contribution in [0.25, 0.3) is 0 Å². The molecule has 0 spiro atoms. The topological polar surface area (TPSA) is 50.4 Å². The highest BCUT2D eigenvalue weighted by Crippen LogP contribution is 2.44. The summed E-state index contributed by atoms with van der Waals surface area (Å²) in [5, 5.41) is 6.50. The van der Waals surface area contributed by atoms with E-state index in [0.29, 0.717) is 31.4 Å². The molecule has 2 amide bonds. The van der Waals surface area contributed by atoms with E-state index in [4.69, 9.17) is 39.5 Å². The minimum Gasteiger partial charge on any atom is -0.496 e. The van der Waals surface area contributed by atoms with Gasteiger partial charge in [0.05, 0.1) is 22.1 Å². The molecule has 0 radical (unpaired) electrons. The average Bonchev–Trinajstić information content (AvgIpc) is 2.51.